The van der Waals surface area contributed by atoms with Crippen LogP contribution in [-0.2, 0) is 45.1 Å². The van der Waals surface area contributed by atoms with Crippen LogP contribution in [0.25, 0.3) is 31.5 Å². The van der Waals surface area contributed by atoms with Crippen molar-refractivity contribution in [2.24, 2.45) is 0 Å². The third-order valence-corrected chi connectivity index (χ3v) is 12.2. The molecule has 0 unspecified atom stereocenters. The summed E-state index contributed by atoms with van der Waals surface area (Å²) in [5.74, 6) is -6.37. The first-order chi connectivity index (χ1) is 30.7. The number of halogens is 4. The van der Waals surface area contributed by atoms with Crippen molar-refractivity contribution < 1.29 is 36.7 Å². The number of fused-ring (bicyclic) bond motifs is 3. The third-order valence-electron chi connectivity index (χ3n) is 10.6. The molecule has 0 saturated carbocycles. The van der Waals surface area contributed by atoms with E-state index in [1.807, 2.05) is 0 Å². The van der Waals surface area contributed by atoms with Crippen LogP contribution in [0.2, 0.25) is 0 Å². The second-order valence-corrected chi connectivity index (χ2v) is 16.7. The molecular weight excluding hydrogens is 873 g/mol. The molecule has 0 aliphatic carbocycles. The van der Waals surface area contributed by atoms with Gasteiger partial charge >= 0.3 is 5.69 Å². The lowest BCUT2D eigenvalue weighted by atomic mass is 10.0. The highest BCUT2D eigenvalue weighted by molar-refractivity contribution is 7.17. The van der Waals surface area contributed by atoms with Gasteiger partial charge in [-0.2, -0.15) is 0 Å². The monoisotopic (exact) mass is 908 g/mol. The summed E-state index contributed by atoms with van der Waals surface area (Å²) >= 11 is 2.83. The Morgan fingerprint density at radius 2 is 0.984 bits per heavy atom. The molecule has 8 aromatic rings. The molecule has 8 rings (SSSR count). The predicted octanol–water partition coefficient (Wildman–Crippen LogP) is 6.36. The van der Waals surface area contributed by atoms with Gasteiger partial charge in [0.1, 0.15) is 48.4 Å². The second-order valence-electron chi connectivity index (χ2n) is 15.0. The maximum absolute atomic E-state index is 14.3. The Morgan fingerprint density at radius 1 is 0.594 bits per heavy atom. The number of para-hydroxylation sites is 2. The fourth-order valence-electron chi connectivity index (χ4n) is 7.51. The summed E-state index contributed by atoms with van der Waals surface area (Å²) < 4.78 is 61.1. The van der Waals surface area contributed by atoms with E-state index in [2.05, 4.69) is 20.6 Å². The molecular formula is C45H36F4N8O5S2. The lowest BCUT2D eigenvalue weighted by Crippen LogP contribution is -2.50. The quantitative estimate of drug-likeness (QED) is 0.121. The number of anilines is 2. The Balaban J connectivity index is 1.04. The number of amides is 4. The summed E-state index contributed by atoms with van der Waals surface area (Å²) in [6.45, 7) is -1.27. The van der Waals surface area contributed by atoms with Gasteiger partial charge in [-0.1, -0.05) is 12.1 Å². The van der Waals surface area contributed by atoms with Crippen molar-refractivity contribution in [2.75, 3.05) is 23.9 Å². The van der Waals surface area contributed by atoms with E-state index in [0.717, 1.165) is 42.8 Å². The number of carbonyl (C=O) groups excluding carboxylic acids is 4. The molecule has 0 spiro atoms. The number of nitrogens with one attached hydrogen (secondary N) is 2. The zero-order chi connectivity index (χ0) is 45.2. The number of thiazole rings is 2. The Morgan fingerprint density at radius 3 is 1.38 bits per heavy atom. The van der Waals surface area contributed by atoms with Gasteiger partial charge in [-0.15, -0.1) is 22.7 Å². The summed E-state index contributed by atoms with van der Waals surface area (Å²) in [4.78, 5) is 81.1. The normalized spacial score (nSPS) is 12.3. The third kappa shape index (κ3) is 9.40. The predicted molar refractivity (Wildman–Crippen MR) is 236 cm³/mol. The van der Waals surface area contributed by atoms with E-state index >= 15 is 0 Å². The van der Waals surface area contributed by atoms with Gasteiger partial charge in [0.2, 0.25) is 23.6 Å². The van der Waals surface area contributed by atoms with Crippen LogP contribution < -0.4 is 26.1 Å². The zero-order valence-corrected chi connectivity index (χ0v) is 35.6. The van der Waals surface area contributed by atoms with Crippen LogP contribution in [0.3, 0.4) is 0 Å². The fourth-order valence-corrected chi connectivity index (χ4v) is 8.82. The zero-order valence-electron chi connectivity index (χ0n) is 33.9. The smallest absolute Gasteiger partial charge is 0.330 e. The number of hydrogen-bond acceptors (Lipinski definition) is 9. The maximum atomic E-state index is 14.3. The van der Waals surface area contributed by atoms with E-state index in [-0.39, 0.29) is 35.0 Å². The summed E-state index contributed by atoms with van der Waals surface area (Å²) in [7, 11) is 2.97. The van der Waals surface area contributed by atoms with Crippen molar-refractivity contribution in [1.82, 2.24) is 29.7 Å². The Labute approximate surface area is 369 Å². The molecule has 326 valence electrons. The number of likely N-dealkylation sites (N-methyl/N-ethyl adjacent to an activating group) is 2. The lowest BCUT2D eigenvalue weighted by molar-refractivity contribution is -0.128. The van der Waals surface area contributed by atoms with Crippen molar-refractivity contribution in [3.63, 3.8) is 0 Å². The number of nitrogens with zero attached hydrogens (tertiary/aromatic N) is 6. The second kappa shape index (κ2) is 18.2. The minimum Gasteiger partial charge on any atom is -0.342 e. The topological polar surface area (TPSA) is 152 Å². The van der Waals surface area contributed by atoms with Crippen LogP contribution in [-0.4, -0.2) is 68.9 Å². The molecule has 5 aromatic carbocycles. The van der Waals surface area contributed by atoms with Gasteiger partial charge in [0.15, 0.2) is 0 Å². The highest BCUT2D eigenvalue weighted by atomic mass is 32.1. The molecule has 13 nitrogen and oxygen atoms in total. The molecule has 19 heteroatoms. The first-order valence-electron chi connectivity index (χ1n) is 19.6. The largest absolute Gasteiger partial charge is 0.342 e. The van der Waals surface area contributed by atoms with Crippen molar-refractivity contribution in [3.8, 4) is 0 Å². The van der Waals surface area contributed by atoms with Gasteiger partial charge in [-0.25, -0.2) is 32.3 Å². The standard InChI is InChI=1S/C45H36F4N8O5S2/c1-54(31-7-9-39-33(19-31)50-23-63-39)43(60)35(15-25-11-27(46)17-28(47)12-25)52-41(58)21-56-37-5-3-4-6-38(37)57(45(56)62)22-42(59)53-36(16-26-13-29(48)18-30(49)14-26)44(61)55(2)32-8-10-40-34(20-32)51-24-64-40/h3-14,17-20,23-24,35-36H,15-16,21-22H2,1-2H3,(H,52,58)(H,53,59)/t35-,36-/m0/s1. The summed E-state index contributed by atoms with van der Waals surface area (Å²) in [5.41, 5.74) is 5.37. The SMILES string of the molecule is CN(C(=O)[C@H](Cc1cc(F)cc(F)c1)NC(=O)Cn1c(=O)n(CC(=O)N[C@@H](Cc2cc(F)cc(F)c2)C(=O)N(C)c2ccc3scnc3c2)c2ccccc21)c1ccc2scnc2c1. The van der Waals surface area contributed by atoms with Gasteiger partial charge in [-0.3, -0.25) is 28.3 Å². The Hall–Kier alpha value is -7.25. The van der Waals surface area contributed by atoms with E-state index in [1.165, 1.54) is 46.6 Å². The fraction of sp³-hybridized carbons (Fsp3) is 0.178. The number of rotatable bonds is 14. The van der Waals surface area contributed by atoms with E-state index < -0.39 is 77.8 Å². The van der Waals surface area contributed by atoms with Crippen molar-refractivity contribution in [1.29, 1.82) is 0 Å². The Kier molecular flexibility index (Phi) is 12.4. The molecule has 64 heavy (non-hydrogen) atoms. The highest BCUT2D eigenvalue weighted by Gasteiger charge is 2.29. The van der Waals surface area contributed by atoms with Crippen LogP contribution in [0.5, 0.6) is 0 Å². The number of benzene rings is 5. The number of imidazole rings is 1. The number of hydrogen-bond donors (Lipinski definition) is 2. The highest BCUT2D eigenvalue weighted by Crippen LogP contribution is 2.26. The van der Waals surface area contributed by atoms with Gasteiger partial charge < -0.3 is 20.4 Å². The minimum atomic E-state index is -1.36. The van der Waals surface area contributed by atoms with Gasteiger partial charge in [-0.05, 0) is 83.9 Å². The lowest BCUT2D eigenvalue weighted by Gasteiger charge is -2.25. The molecule has 0 saturated heterocycles. The van der Waals surface area contributed by atoms with Crippen LogP contribution in [0, 0.1) is 23.3 Å². The molecule has 0 radical (unpaired) electrons. The minimum absolute atomic E-state index is 0.0883. The molecule has 3 aromatic heterocycles. The van der Waals surface area contributed by atoms with E-state index in [1.54, 1.807) is 71.7 Å². The maximum Gasteiger partial charge on any atom is 0.330 e. The molecule has 0 aliphatic rings. The first-order valence-corrected chi connectivity index (χ1v) is 21.3. The molecule has 4 amide bonds. The van der Waals surface area contributed by atoms with Crippen molar-refractivity contribution >= 4 is 89.1 Å². The number of carbonyl (C=O) groups is 4. The molecule has 0 bridgehead atoms. The summed E-state index contributed by atoms with van der Waals surface area (Å²) in [5, 5.41) is 5.29. The van der Waals surface area contributed by atoms with E-state index in [0.29, 0.717) is 34.5 Å². The average molecular weight is 909 g/mol. The molecule has 0 aliphatic heterocycles. The molecule has 2 N–H and O–H groups in total. The van der Waals surface area contributed by atoms with Crippen LogP contribution in [0.15, 0.2) is 113 Å². The number of aromatic nitrogens is 4. The van der Waals surface area contributed by atoms with Crippen LogP contribution in [0.1, 0.15) is 11.1 Å². The van der Waals surface area contributed by atoms with Gasteiger partial charge in [0.25, 0.3) is 0 Å². The summed E-state index contributed by atoms with van der Waals surface area (Å²) in [6, 6.07) is 19.5. The first kappa shape index (κ1) is 43.4. The van der Waals surface area contributed by atoms with Gasteiger partial charge in [0.05, 0.1) is 42.5 Å². The van der Waals surface area contributed by atoms with Gasteiger partial charge in [0, 0.05) is 50.4 Å². The van der Waals surface area contributed by atoms with Crippen LogP contribution in [0.4, 0.5) is 28.9 Å². The Bertz CT molecular complexity index is 2920. The van der Waals surface area contributed by atoms with E-state index in [4.69, 9.17) is 0 Å². The molecule has 3 heterocycles. The molecule has 2 atom stereocenters. The van der Waals surface area contributed by atoms with Crippen molar-refractivity contribution in [2.45, 2.75) is 38.0 Å². The van der Waals surface area contributed by atoms with Crippen LogP contribution >= 0.6 is 22.7 Å². The van der Waals surface area contributed by atoms with Crippen molar-refractivity contribution in [3.05, 3.63) is 153 Å². The van der Waals surface area contributed by atoms with E-state index in [9.17, 15) is 41.5 Å². The summed E-state index contributed by atoms with van der Waals surface area (Å²) in [6.07, 6.45) is -0.619. The molecule has 0 fully saturated rings. The average Bonchev–Trinajstić information content (AvgIpc) is 3.99.